The molecule has 4 nitrogen and oxygen atoms in total. The van der Waals surface area contributed by atoms with Crippen molar-refractivity contribution < 1.29 is 13.2 Å². The zero-order valence-corrected chi connectivity index (χ0v) is 9.05. The van der Waals surface area contributed by atoms with Crippen molar-refractivity contribution >= 4 is 31.7 Å². The number of carbonyl (C=O) groups is 1. The second kappa shape index (κ2) is 5.62. The van der Waals surface area contributed by atoms with E-state index in [1.807, 2.05) is 0 Å². The summed E-state index contributed by atoms with van der Waals surface area (Å²) in [5, 5.41) is 0. The van der Waals surface area contributed by atoms with E-state index in [0.717, 1.165) is 6.29 Å². The second-order valence-corrected chi connectivity index (χ2v) is 4.81. The lowest BCUT2D eigenvalue weighted by molar-refractivity contribution is -0.106. The van der Waals surface area contributed by atoms with Crippen molar-refractivity contribution in [2.75, 3.05) is 5.73 Å². The molecule has 1 rings (SSSR count). The molecule has 2 N–H and O–H groups in total. The Morgan fingerprint density at radius 2 is 1.64 bits per heavy atom. The van der Waals surface area contributed by atoms with E-state index in [9.17, 15) is 8.42 Å². The number of rotatable bonds is 1. The summed E-state index contributed by atoms with van der Waals surface area (Å²) in [7, 11) is 1.44. The van der Waals surface area contributed by atoms with Crippen LogP contribution in [0.25, 0.3) is 0 Å². The first-order valence-electron chi connectivity index (χ1n) is 3.61. The van der Waals surface area contributed by atoms with E-state index >= 15 is 0 Å². The third kappa shape index (κ3) is 4.84. The molecule has 0 aliphatic carbocycles. The molecule has 0 heterocycles. The van der Waals surface area contributed by atoms with Crippen molar-refractivity contribution in [1.29, 1.82) is 0 Å². The van der Waals surface area contributed by atoms with Crippen LogP contribution in [0.5, 0.6) is 0 Å². The van der Waals surface area contributed by atoms with Crippen LogP contribution in [0.4, 0.5) is 5.69 Å². The molecule has 0 amide bonds. The molecule has 0 saturated heterocycles. The van der Waals surface area contributed by atoms with E-state index in [2.05, 4.69) is 0 Å². The van der Waals surface area contributed by atoms with Crippen LogP contribution in [-0.2, 0) is 13.8 Å². The van der Waals surface area contributed by atoms with Crippen LogP contribution in [0.15, 0.2) is 29.2 Å². The molecular weight excluding hydrogens is 226 g/mol. The van der Waals surface area contributed by atoms with Crippen molar-refractivity contribution in [1.82, 2.24) is 0 Å². The summed E-state index contributed by atoms with van der Waals surface area (Å²) in [5.74, 6) is 0. The van der Waals surface area contributed by atoms with Crippen LogP contribution in [-0.4, -0.2) is 14.7 Å². The van der Waals surface area contributed by atoms with Gasteiger partial charge in [0.05, 0.1) is 4.90 Å². The minimum absolute atomic E-state index is 0.0633. The van der Waals surface area contributed by atoms with Crippen LogP contribution in [0.2, 0.25) is 0 Å². The molecule has 0 radical (unpaired) electrons. The lowest BCUT2D eigenvalue weighted by Crippen LogP contribution is -1.90. The minimum atomic E-state index is -3.60. The maximum atomic E-state index is 10.7. The van der Waals surface area contributed by atoms with Crippen LogP contribution in [0.3, 0.4) is 0 Å². The highest BCUT2D eigenvalue weighted by Gasteiger charge is 2.07. The van der Waals surface area contributed by atoms with Gasteiger partial charge in [0.2, 0.25) is 0 Å². The first kappa shape index (κ1) is 12.9. The fourth-order valence-electron chi connectivity index (χ4n) is 0.630. The highest BCUT2D eigenvalue weighted by Crippen LogP contribution is 2.15. The quantitative estimate of drug-likeness (QED) is 0.454. The summed E-state index contributed by atoms with van der Waals surface area (Å²) < 4.78 is 21.3. The largest absolute Gasteiger partial charge is 0.399 e. The van der Waals surface area contributed by atoms with Crippen LogP contribution in [0.1, 0.15) is 6.92 Å². The molecular formula is C8H10ClNO3S. The topological polar surface area (TPSA) is 77.2 Å². The molecule has 6 heteroatoms. The monoisotopic (exact) mass is 235 g/mol. The molecule has 0 unspecified atom stereocenters. The molecule has 0 bridgehead atoms. The van der Waals surface area contributed by atoms with E-state index < -0.39 is 9.05 Å². The maximum absolute atomic E-state index is 10.7. The average Bonchev–Trinajstić information content (AvgIpc) is 2.04. The third-order valence-corrected chi connectivity index (χ3v) is 2.53. The number of anilines is 1. The number of nitrogens with two attached hydrogens (primary N) is 1. The van der Waals surface area contributed by atoms with Gasteiger partial charge < -0.3 is 10.5 Å². The number of aldehydes is 1. The van der Waals surface area contributed by atoms with Crippen molar-refractivity contribution in [2.45, 2.75) is 11.8 Å². The molecule has 78 valence electrons. The van der Waals surface area contributed by atoms with Crippen molar-refractivity contribution in [2.24, 2.45) is 0 Å². The Morgan fingerprint density at radius 1 is 1.29 bits per heavy atom. The van der Waals surface area contributed by atoms with Gasteiger partial charge in [-0.05, 0) is 31.2 Å². The average molecular weight is 236 g/mol. The maximum Gasteiger partial charge on any atom is 0.261 e. The minimum Gasteiger partial charge on any atom is -0.399 e. The zero-order chi connectivity index (χ0) is 11.2. The number of hydrogen-bond donors (Lipinski definition) is 1. The van der Waals surface area contributed by atoms with Gasteiger partial charge in [-0.2, -0.15) is 0 Å². The van der Waals surface area contributed by atoms with Crippen LogP contribution < -0.4 is 5.73 Å². The van der Waals surface area contributed by atoms with Gasteiger partial charge in [0.25, 0.3) is 9.05 Å². The molecule has 1 aromatic carbocycles. The lowest BCUT2D eigenvalue weighted by Gasteiger charge is -1.94. The van der Waals surface area contributed by atoms with Crippen molar-refractivity contribution in [3.63, 3.8) is 0 Å². The molecule has 14 heavy (non-hydrogen) atoms. The molecule has 1 aromatic rings. The summed E-state index contributed by atoms with van der Waals surface area (Å²) in [6.07, 6.45) is 0.750. The summed E-state index contributed by atoms with van der Waals surface area (Å²) >= 11 is 0. The van der Waals surface area contributed by atoms with Gasteiger partial charge >= 0.3 is 0 Å². The molecule has 0 fully saturated rings. The Hall–Kier alpha value is -1.07. The number of carbonyl (C=O) groups excluding carboxylic acids is 1. The molecule has 0 saturated carbocycles. The lowest BCUT2D eigenvalue weighted by atomic mass is 10.3. The summed E-state index contributed by atoms with van der Waals surface area (Å²) in [6.45, 7) is 1.44. The zero-order valence-electron chi connectivity index (χ0n) is 7.48. The molecule has 0 aliphatic heterocycles. The number of halogens is 1. The number of hydrogen-bond acceptors (Lipinski definition) is 4. The van der Waals surface area contributed by atoms with Gasteiger partial charge in [-0.1, -0.05) is 0 Å². The van der Waals surface area contributed by atoms with E-state index in [4.69, 9.17) is 21.2 Å². The molecule has 0 aliphatic rings. The van der Waals surface area contributed by atoms with Gasteiger partial charge in [-0.25, -0.2) is 8.42 Å². The Morgan fingerprint density at radius 3 is 1.93 bits per heavy atom. The van der Waals surface area contributed by atoms with Gasteiger partial charge in [-0.15, -0.1) is 0 Å². The Balaban J connectivity index is 0.000000500. The molecule has 0 spiro atoms. The van der Waals surface area contributed by atoms with E-state index in [1.165, 1.54) is 31.2 Å². The van der Waals surface area contributed by atoms with Gasteiger partial charge in [0.15, 0.2) is 0 Å². The van der Waals surface area contributed by atoms with Crippen molar-refractivity contribution in [3.8, 4) is 0 Å². The number of nitrogen functional groups attached to an aromatic ring is 1. The van der Waals surface area contributed by atoms with E-state index in [-0.39, 0.29) is 4.90 Å². The Labute approximate surface area is 87.1 Å². The predicted octanol–water partition coefficient (Wildman–Crippen LogP) is 1.40. The normalized spacial score (nSPS) is 9.86. The standard InChI is InChI=1S/C6H6ClNO2S.C2H4O/c7-11(9,10)6-3-1-5(8)2-4-6;1-2-3/h1-4H,8H2;2H,1H3. The Kier molecular flexibility index (Phi) is 5.19. The van der Waals surface area contributed by atoms with Gasteiger partial charge in [0, 0.05) is 16.4 Å². The van der Waals surface area contributed by atoms with Crippen LogP contribution >= 0.6 is 10.7 Å². The summed E-state index contributed by atoms with van der Waals surface area (Å²) in [4.78, 5) is 8.87. The summed E-state index contributed by atoms with van der Waals surface area (Å²) in [5.41, 5.74) is 5.84. The fraction of sp³-hybridized carbons (Fsp3) is 0.125. The van der Waals surface area contributed by atoms with Crippen LogP contribution in [0, 0.1) is 0 Å². The Bertz CT molecular complexity index is 386. The van der Waals surface area contributed by atoms with Gasteiger partial charge in [0.1, 0.15) is 6.29 Å². The fourth-order valence-corrected chi connectivity index (χ4v) is 1.40. The highest BCUT2D eigenvalue weighted by molar-refractivity contribution is 8.13. The van der Waals surface area contributed by atoms with Gasteiger partial charge in [-0.3, -0.25) is 0 Å². The molecule has 0 atom stereocenters. The van der Waals surface area contributed by atoms with Crippen molar-refractivity contribution in [3.05, 3.63) is 24.3 Å². The predicted molar refractivity (Wildman–Crippen MR) is 55.6 cm³/mol. The number of benzene rings is 1. The smallest absolute Gasteiger partial charge is 0.261 e. The molecule has 0 aromatic heterocycles. The third-order valence-electron chi connectivity index (χ3n) is 1.16. The summed E-state index contributed by atoms with van der Waals surface area (Å²) in [6, 6.07) is 5.68. The van der Waals surface area contributed by atoms with E-state index in [1.54, 1.807) is 0 Å². The van der Waals surface area contributed by atoms with E-state index in [0.29, 0.717) is 5.69 Å². The second-order valence-electron chi connectivity index (χ2n) is 2.24. The highest BCUT2D eigenvalue weighted by atomic mass is 35.7. The SMILES string of the molecule is CC=O.Nc1ccc(S(=O)(=O)Cl)cc1. The first-order valence-corrected chi connectivity index (χ1v) is 5.92. The first-order chi connectivity index (χ1) is 6.41.